The molecule has 5 heteroatoms. The monoisotopic (exact) mass is 289 g/mol. The zero-order valence-electron chi connectivity index (χ0n) is 11.9. The number of hydrogen-bond donors (Lipinski definition) is 2. The lowest BCUT2D eigenvalue weighted by Gasteiger charge is -2.21. The van der Waals surface area contributed by atoms with E-state index in [0.29, 0.717) is 11.5 Å². The minimum Gasteiger partial charge on any atom is -0.373 e. The lowest BCUT2D eigenvalue weighted by atomic mass is 10.0. The molecule has 0 saturated heterocycles. The molecular formula is C15H19N3OS. The molecule has 20 heavy (non-hydrogen) atoms. The number of hydrogen-bond acceptors (Lipinski definition) is 4. The van der Waals surface area contributed by atoms with Crippen LogP contribution in [0.4, 0.5) is 5.82 Å². The van der Waals surface area contributed by atoms with Gasteiger partial charge < -0.3 is 10.6 Å². The third-order valence-electron chi connectivity index (χ3n) is 3.08. The van der Waals surface area contributed by atoms with Gasteiger partial charge in [-0.15, -0.1) is 11.3 Å². The summed E-state index contributed by atoms with van der Waals surface area (Å²) in [7, 11) is 1.80. The molecule has 0 aliphatic carbocycles. The lowest BCUT2D eigenvalue weighted by Crippen LogP contribution is -2.31. The lowest BCUT2D eigenvalue weighted by molar-refractivity contribution is 0.0926. The highest BCUT2D eigenvalue weighted by atomic mass is 32.1. The smallest absolute Gasteiger partial charge is 0.253 e. The molecule has 1 amide bonds. The zero-order valence-corrected chi connectivity index (χ0v) is 12.7. The molecule has 0 aliphatic heterocycles. The van der Waals surface area contributed by atoms with Gasteiger partial charge in [0.15, 0.2) is 0 Å². The predicted molar refractivity (Wildman–Crippen MR) is 83.1 cm³/mol. The third-order valence-corrected chi connectivity index (χ3v) is 4.04. The van der Waals surface area contributed by atoms with Crippen LogP contribution in [0.5, 0.6) is 0 Å². The van der Waals surface area contributed by atoms with Gasteiger partial charge in [0.05, 0.1) is 11.6 Å². The first-order valence-corrected chi connectivity index (χ1v) is 7.48. The van der Waals surface area contributed by atoms with Crippen LogP contribution in [0.15, 0.2) is 35.8 Å². The zero-order chi connectivity index (χ0) is 14.5. The van der Waals surface area contributed by atoms with Crippen molar-refractivity contribution in [2.45, 2.75) is 19.9 Å². The number of pyridine rings is 1. The maximum absolute atomic E-state index is 12.3. The molecule has 0 fully saturated rings. The number of carbonyl (C=O) groups is 1. The second-order valence-electron chi connectivity index (χ2n) is 4.89. The third kappa shape index (κ3) is 3.36. The average Bonchev–Trinajstić information content (AvgIpc) is 2.98. The van der Waals surface area contributed by atoms with E-state index in [1.165, 1.54) is 4.88 Å². The molecule has 0 spiro atoms. The van der Waals surface area contributed by atoms with E-state index in [4.69, 9.17) is 0 Å². The van der Waals surface area contributed by atoms with E-state index in [9.17, 15) is 4.79 Å². The summed E-state index contributed by atoms with van der Waals surface area (Å²) in [6, 6.07) is 7.67. The maximum atomic E-state index is 12.3. The molecule has 0 aliphatic rings. The van der Waals surface area contributed by atoms with Crippen molar-refractivity contribution in [2.24, 2.45) is 5.92 Å². The summed E-state index contributed by atoms with van der Waals surface area (Å²) in [5.74, 6) is 0.995. The quantitative estimate of drug-likeness (QED) is 0.888. The number of nitrogens with one attached hydrogen (secondary N) is 2. The molecule has 1 unspecified atom stereocenters. The van der Waals surface area contributed by atoms with E-state index >= 15 is 0 Å². The second-order valence-corrected chi connectivity index (χ2v) is 5.87. The number of anilines is 1. The van der Waals surface area contributed by atoms with Crippen LogP contribution < -0.4 is 10.6 Å². The van der Waals surface area contributed by atoms with E-state index in [1.807, 2.05) is 11.4 Å². The summed E-state index contributed by atoms with van der Waals surface area (Å²) < 4.78 is 0. The van der Waals surface area contributed by atoms with Crippen molar-refractivity contribution in [3.63, 3.8) is 0 Å². The Morgan fingerprint density at radius 3 is 2.60 bits per heavy atom. The van der Waals surface area contributed by atoms with Gasteiger partial charge in [0.1, 0.15) is 5.82 Å². The molecule has 4 nitrogen and oxygen atoms in total. The number of amides is 1. The van der Waals surface area contributed by atoms with Crippen molar-refractivity contribution in [3.05, 3.63) is 46.3 Å². The van der Waals surface area contributed by atoms with Crippen LogP contribution >= 0.6 is 11.3 Å². The Kier molecular flexibility index (Phi) is 4.74. The summed E-state index contributed by atoms with van der Waals surface area (Å²) in [5.41, 5.74) is 0.575. The van der Waals surface area contributed by atoms with Crippen molar-refractivity contribution in [1.29, 1.82) is 0 Å². The van der Waals surface area contributed by atoms with Crippen LogP contribution in [0.2, 0.25) is 0 Å². The van der Waals surface area contributed by atoms with E-state index in [2.05, 4.69) is 35.5 Å². The summed E-state index contributed by atoms with van der Waals surface area (Å²) in [6.07, 6.45) is 1.59. The van der Waals surface area contributed by atoms with Gasteiger partial charge in [0, 0.05) is 18.1 Å². The number of thiophene rings is 1. The number of nitrogens with zero attached hydrogens (tertiary/aromatic N) is 1. The average molecular weight is 289 g/mol. The van der Waals surface area contributed by atoms with Gasteiger partial charge >= 0.3 is 0 Å². The molecule has 0 saturated carbocycles. The molecular weight excluding hydrogens is 270 g/mol. The van der Waals surface area contributed by atoms with Gasteiger partial charge in [-0.3, -0.25) is 4.79 Å². The van der Waals surface area contributed by atoms with E-state index in [-0.39, 0.29) is 11.9 Å². The van der Waals surface area contributed by atoms with Gasteiger partial charge in [0.2, 0.25) is 0 Å². The summed E-state index contributed by atoms with van der Waals surface area (Å²) in [6.45, 7) is 4.21. The van der Waals surface area contributed by atoms with Gasteiger partial charge in [-0.05, 0) is 29.5 Å². The molecule has 0 radical (unpaired) electrons. The standard InChI is InChI=1S/C15H19N3OS/c1-10(2)14(12-5-4-8-20-12)18-15(19)11-6-7-13(16-3)17-9-11/h4-10,14H,1-3H3,(H,16,17)(H,18,19). The highest BCUT2D eigenvalue weighted by molar-refractivity contribution is 7.10. The molecule has 2 aromatic heterocycles. The Hall–Kier alpha value is -1.88. The molecule has 0 bridgehead atoms. The number of rotatable bonds is 5. The van der Waals surface area contributed by atoms with Gasteiger partial charge in [-0.2, -0.15) is 0 Å². The van der Waals surface area contributed by atoms with E-state index in [1.54, 1.807) is 36.7 Å². The summed E-state index contributed by atoms with van der Waals surface area (Å²) in [5, 5.41) is 8.04. The SMILES string of the molecule is CNc1ccc(C(=O)NC(c2cccs2)C(C)C)cn1. The van der Waals surface area contributed by atoms with Crippen LogP contribution in [0.1, 0.15) is 35.1 Å². The van der Waals surface area contributed by atoms with Crippen molar-refractivity contribution < 1.29 is 4.79 Å². The van der Waals surface area contributed by atoms with Crippen LogP contribution in [0.3, 0.4) is 0 Å². The minimum atomic E-state index is -0.0905. The predicted octanol–water partition coefficient (Wildman–Crippen LogP) is 3.31. The fourth-order valence-electron chi connectivity index (χ4n) is 1.94. The molecule has 2 aromatic rings. The normalized spacial score (nSPS) is 12.2. The van der Waals surface area contributed by atoms with Crippen LogP contribution in [-0.4, -0.2) is 17.9 Å². The Bertz CT molecular complexity index is 549. The van der Waals surface area contributed by atoms with Crippen molar-refractivity contribution in [1.82, 2.24) is 10.3 Å². The molecule has 2 heterocycles. The van der Waals surface area contributed by atoms with Crippen molar-refractivity contribution in [3.8, 4) is 0 Å². The summed E-state index contributed by atoms with van der Waals surface area (Å²) >= 11 is 1.66. The molecule has 1 atom stereocenters. The Labute approximate surface area is 123 Å². The van der Waals surface area contributed by atoms with Crippen molar-refractivity contribution >= 4 is 23.1 Å². The Balaban J connectivity index is 2.12. The molecule has 106 valence electrons. The minimum absolute atomic E-state index is 0.0338. The highest BCUT2D eigenvalue weighted by Gasteiger charge is 2.20. The first kappa shape index (κ1) is 14.5. The van der Waals surface area contributed by atoms with E-state index < -0.39 is 0 Å². The highest BCUT2D eigenvalue weighted by Crippen LogP contribution is 2.26. The fourth-order valence-corrected chi connectivity index (χ4v) is 2.88. The number of aromatic nitrogens is 1. The number of carbonyl (C=O) groups excluding carboxylic acids is 1. The first-order chi connectivity index (χ1) is 9.61. The molecule has 2 N–H and O–H groups in total. The maximum Gasteiger partial charge on any atom is 0.253 e. The molecule has 0 aromatic carbocycles. The van der Waals surface area contributed by atoms with Crippen LogP contribution in [-0.2, 0) is 0 Å². The van der Waals surface area contributed by atoms with Crippen LogP contribution in [0.25, 0.3) is 0 Å². The fraction of sp³-hybridized carbons (Fsp3) is 0.333. The van der Waals surface area contributed by atoms with Gasteiger partial charge in [-0.25, -0.2) is 4.98 Å². The van der Waals surface area contributed by atoms with Crippen LogP contribution in [0, 0.1) is 5.92 Å². The summed E-state index contributed by atoms with van der Waals surface area (Å²) in [4.78, 5) is 17.6. The van der Waals surface area contributed by atoms with E-state index in [0.717, 1.165) is 5.82 Å². The molecule has 2 rings (SSSR count). The van der Waals surface area contributed by atoms with Gasteiger partial charge in [0.25, 0.3) is 5.91 Å². The van der Waals surface area contributed by atoms with Gasteiger partial charge in [-0.1, -0.05) is 19.9 Å². The van der Waals surface area contributed by atoms with Crippen molar-refractivity contribution in [2.75, 3.05) is 12.4 Å². The topological polar surface area (TPSA) is 54.0 Å². The Morgan fingerprint density at radius 1 is 1.30 bits per heavy atom. The largest absolute Gasteiger partial charge is 0.373 e. The first-order valence-electron chi connectivity index (χ1n) is 6.60. The second kappa shape index (κ2) is 6.52. The Morgan fingerprint density at radius 2 is 2.10 bits per heavy atom.